The molecule has 10 nitrogen and oxygen atoms in total. The molecule has 1 N–H and O–H groups in total. The molecule has 0 aliphatic rings. The Morgan fingerprint density at radius 2 is 1.97 bits per heavy atom. The van der Waals surface area contributed by atoms with Crippen molar-refractivity contribution in [3.63, 3.8) is 0 Å². The molecular weight excluding hydrogens is 412 g/mol. The standard InChI is InChI=1S/C22H24N6O4/c1-3-5-10-32-20-18-19(23-14-27(18)12-15-6-8-17(29)9-7-15)25-22(26-20)28-13-16(11-24-28)21(30)31-4-2/h6-9,11,13-14,29H,3-5,10,12H2,1-2H3. The Labute approximate surface area is 184 Å². The van der Waals surface area contributed by atoms with Gasteiger partial charge in [0.15, 0.2) is 11.2 Å². The fourth-order valence-electron chi connectivity index (χ4n) is 3.12. The number of fused-ring (bicyclic) bond motifs is 1. The maximum atomic E-state index is 12.0. The summed E-state index contributed by atoms with van der Waals surface area (Å²) in [5.41, 5.74) is 2.41. The number of rotatable bonds is 9. The van der Waals surface area contributed by atoms with Crippen LogP contribution in [0.3, 0.4) is 0 Å². The monoisotopic (exact) mass is 436 g/mol. The average molecular weight is 436 g/mol. The van der Waals surface area contributed by atoms with Crippen molar-refractivity contribution in [2.75, 3.05) is 13.2 Å². The van der Waals surface area contributed by atoms with Gasteiger partial charge in [0, 0.05) is 12.7 Å². The van der Waals surface area contributed by atoms with Gasteiger partial charge in [0.05, 0.1) is 31.3 Å². The molecule has 166 valence electrons. The zero-order valence-electron chi connectivity index (χ0n) is 17.9. The predicted octanol–water partition coefficient (Wildman–Crippen LogP) is 3.12. The molecule has 3 aromatic heterocycles. The van der Waals surface area contributed by atoms with Crippen LogP contribution in [0.25, 0.3) is 17.1 Å². The van der Waals surface area contributed by atoms with Gasteiger partial charge in [-0.1, -0.05) is 25.5 Å². The van der Waals surface area contributed by atoms with Gasteiger partial charge in [-0.3, -0.25) is 0 Å². The first kappa shape index (κ1) is 21.3. The van der Waals surface area contributed by atoms with Gasteiger partial charge in [-0.25, -0.2) is 14.5 Å². The predicted molar refractivity (Wildman–Crippen MR) is 116 cm³/mol. The highest BCUT2D eigenvalue weighted by Gasteiger charge is 2.18. The third-order valence-corrected chi connectivity index (χ3v) is 4.75. The van der Waals surface area contributed by atoms with E-state index in [0.29, 0.717) is 35.8 Å². The van der Waals surface area contributed by atoms with E-state index in [1.165, 1.54) is 17.1 Å². The number of carbonyl (C=O) groups excluding carboxylic acids is 1. The van der Waals surface area contributed by atoms with Crippen LogP contribution in [0.4, 0.5) is 0 Å². The van der Waals surface area contributed by atoms with E-state index in [4.69, 9.17) is 9.47 Å². The Morgan fingerprint density at radius 1 is 1.16 bits per heavy atom. The number of hydrogen-bond donors (Lipinski definition) is 1. The molecular formula is C22H24N6O4. The molecule has 0 radical (unpaired) electrons. The molecule has 0 unspecified atom stereocenters. The number of unbranched alkanes of at least 4 members (excludes halogenated alkanes) is 1. The summed E-state index contributed by atoms with van der Waals surface area (Å²) >= 11 is 0. The molecule has 3 heterocycles. The lowest BCUT2D eigenvalue weighted by atomic mass is 10.2. The van der Waals surface area contributed by atoms with Crippen LogP contribution in [0.2, 0.25) is 0 Å². The molecule has 1 aromatic carbocycles. The second-order valence-corrected chi connectivity index (χ2v) is 7.14. The summed E-state index contributed by atoms with van der Waals surface area (Å²) in [4.78, 5) is 25.5. The summed E-state index contributed by atoms with van der Waals surface area (Å²) < 4.78 is 14.3. The van der Waals surface area contributed by atoms with E-state index < -0.39 is 5.97 Å². The van der Waals surface area contributed by atoms with Crippen molar-refractivity contribution in [1.82, 2.24) is 29.3 Å². The smallest absolute Gasteiger partial charge is 0.341 e. The first-order valence-corrected chi connectivity index (χ1v) is 10.4. The minimum Gasteiger partial charge on any atom is -0.508 e. The second-order valence-electron chi connectivity index (χ2n) is 7.14. The van der Waals surface area contributed by atoms with E-state index in [2.05, 4.69) is 27.0 Å². The van der Waals surface area contributed by atoms with Crippen molar-refractivity contribution < 1.29 is 19.4 Å². The van der Waals surface area contributed by atoms with E-state index in [0.717, 1.165) is 18.4 Å². The molecule has 0 amide bonds. The molecule has 0 bridgehead atoms. The Hall–Kier alpha value is -3.95. The lowest BCUT2D eigenvalue weighted by molar-refractivity contribution is 0.0526. The minimum absolute atomic E-state index is 0.210. The van der Waals surface area contributed by atoms with Crippen molar-refractivity contribution in [2.45, 2.75) is 33.2 Å². The third kappa shape index (κ3) is 4.53. The van der Waals surface area contributed by atoms with Crippen LogP contribution >= 0.6 is 0 Å². The van der Waals surface area contributed by atoms with Crippen LogP contribution in [-0.2, 0) is 11.3 Å². The molecule has 4 aromatic rings. The number of hydrogen-bond acceptors (Lipinski definition) is 8. The third-order valence-electron chi connectivity index (χ3n) is 4.75. The van der Waals surface area contributed by atoms with Gasteiger partial charge in [0.1, 0.15) is 5.75 Å². The molecule has 0 aliphatic heterocycles. The lowest BCUT2D eigenvalue weighted by Gasteiger charge is -2.11. The zero-order chi connectivity index (χ0) is 22.5. The van der Waals surface area contributed by atoms with Gasteiger partial charge in [-0.15, -0.1) is 0 Å². The molecule has 0 saturated heterocycles. The van der Waals surface area contributed by atoms with Crippen LogP contribution in [0.15, 0.2) is 43.0 Å². The maximum Gasteiger partial charge on any atom is 0.341 e. The van der Waals surface area contributed by atoms with Crippen LogP contribution in [0, 0.1) is 0 Å². The number of esters is 1. The number of benzene rings is 1. The van der Waals surface area contributed by atoms with Crippen molar-refractivity contribution in [3.8, 4) is 17.6 Å². The highest BCUT2D eigenvalue weighted by Crippen LogP contribution is 2.25. The van der Waals surface area contributed by atoms with Crippen LogP contribution in [0.5, 0.6) is 11.6 Å². The number of imidazole rings is 1. The van der Waals surface area contributed by atoms with E-state index in [-0.39, 0.29) is 18.3 Å². The normalized spacial score (nSPS) is 11.1. The number of carbonyl (C=O) groups is 1. The molecule has 4 rings (SSSR count). The van der Waals surface area contributed by atoms with Gasteiger partial charge in [-0.05, 0) is 31.0 Å². The summed E-state index contributed by atoms with van der Waals surface area (Å²) in [5.74, 6) is 0.386. The number of phenolic OH excluding ortho intramolecular Hbond substituents is 1. The highest BCUT2D eigenvalue weighted by molar-refractivity contribution is 5.88. The molecule has 0 saturated carbocycles. The van der Waals surface area contributed by atoms with Gasteiger partial charge >= 0.3 is 5.97 Å². The largest absolute Gasteiger partial charge is 0.508 e. The van der Waals surface area contributed by atoms with Crippen LogP contribution < -0.4 is 4.74 Å². The van der Waals surface area contributed by atoms with Gasteiger partial charge in [0.25, 0.3) is 5.95 Å². The minimum atomic E-state index is -0.461. The van der Waals surface area contributed by atoms with Crippen molar-refractivity contribution in [2.24, 2.45) is 0 Å². The van der Waals surface area contributed by atoms with Gasteiger partial charge < -0.3 is 19.1 Å². The molecule has 0 aliphatic carbocycles. The lowest BCUT2D eigenvalue weighted by Crippen LogP contribution is -2.08. The summed E-state index contributed by atoms with van der Waals surface area (Å²) in [6.45, 7) is 5.12. The molecule has 10 heteroatoms. The van der Waals surface area contributed by atoms with E-state index >= 15 is 0 Å². The maximum absolute atomic E-state index is 12.0. The zero-order valence-corrected chi connectivity index (χ0v) is 17.9. The summed E-state index contributed by atoms with van der Waals surface area (Å²) in [5, 5.41) is 13.7. The van der Waals surface area contributed by atoms with Crippen molar-refractivity contribution >= 4 is 17.1 Å². The molecule has 0 spiro atoms. The van der Waals surface area contributed by atoms with E-state index in [1.54, 1.807) is 25.4 Å². The number of nitrogens with zero attached hydrogens (tertiary/aromatic N) is 6. The summed E-state index contributed by atoms with van der Waals surface area (Å²) in [6.07, 6.45) is 6.46. The number of aromatic nitrogens is 6. The first-order valence-electron chi connectivity index (χ1n) is 10.4. The fraction of sp³-hybridized carbons (Fsp3) is 0.318. The van der Waals surface area contributed by atoms with Gasteiger partial charge in [0.2, 0.25) is 5.88 Å². The van der Waals surface area contributed by atoms with Crippen LogP contribution in [0.1, 0.15) is 42.6 Å². The van der Waals surface area contributed by atoms with Gasteiger partial charge in [-0.2, -0.15) is 15.1 Å². The number of phenols is 1. The molecule has 0 atom stereocenters. The fourth-order valence-corrected chi connectivity index (χ4v) is 3.12. The Kier molecular flexibility index (Phi) is 6.29. The molecule has 0 fully saturated rings. The van der Waals surface area contributed by atoms with E-state index in [9.17, 15) is 9.90 Å². The summed E-state index contributed by atoms with van der Waals surface area (Å²) in [7, 11) is 0. The number of aromatic hydroxyl groups is 1. The average Bonchev–Trinajstić information content (AvgIpc) is 3.43. The Morgan fingerprint density at radius 3 is 2.72 bits per heavy atom. The Bertz CT molecular complexity index is 1220. The SMILES string of the molecule is CCCCOc1nc(-n2cc(C(=O)OCC)cn2)nc2ncn(Cc3ccc(O)cc3)c12. The summed E-state index contributed by atoms with van der Waals surface area (Å²) in [6, 6.07) is 6.96. The highest BCUT2D eigenvalue weighted by atomic mass is 16.5. The first-order chi connectivity index (χ1) is 15.6. The van der Waals surface area contributed by atoms with Crippen LogP contribution in [-0.4, -0.2) is 53.6 Å². The molecule has 32 heavy (non-hydrogen) atoms. The topological polar surface area (TPSA) is 117 Å². The van der Waals surface area contributed by atoms with E-state index in [1.807, 2.05) is 16.7 Å². The number of ether oxygens (including phenoxy) is 2. The second kappa shape index (κ2) is 9.46. The van der Waals surface area contributed by atoms with Crippen molar-refractivity contribution in [1.29, 1.82) is 0 Å². The quantitative estimate of drug-likeness (QED) is 0.314. The Balaban J connectivity index is 1.71. The van der Waals surface area contributed by atoms with Crippen molar-refractivity contribution in [3.05, 3.63) is 54.1 Å².